The van der Waals surface area contributed by atoms with Gasteiger partial charge in [-0.15, -0.1) is 0 Å². The van der Waals surface area contributed by atoms with Gasteiger partial charge in [-0.3, -0.25) is 14.9 Å². The molecule has 1 aromatic carbocycles. The molecule has 0 bridgehead atoms. The number of nitro benzene ring substituents is 1. The molecule has 1 rings (SSSR count). The van der Waals surface area contributed by atoms with Crippen LogP contribution in [0.1, 0.15) is 6.42 Å². The van der Waals surface area contributed by atoms with E-state index in [9.17, 15) is 23.3 Å². The van der Waals surface area contributed by atoms with Crippen LogP contribution in [0.4, 0.5) is 5.69 Å². The van der Waals surface area contributed by atoms with Crippen molar-refractivity contribution in [3.05, 3.63) is 33.3 Å². The van der Waals surface area contributed by atoms with Gasteiger partial charge in [-0.05, 0) is 12.5 Å². The molecule has 0 aliphatic rings. The molecule has 0 amide bonds. The number of aliphatic hydroxyl groups is 1. The summed E-state index contributed by atoms with van der Waals surface area (Å²) in [6.45, 7) is -0.534. The highest BCUT2D eigenvalue weighted by molar-refractivity contribution is 7.89. The molecule has 1 aromatic rings. The third-order valence-corrected chi connectivity index (χ3v) is 4.38. The van der Waals surface area contributed by atoms with Crippen LogP contribution < -0.4 is 4.72 Å². The van der Waals surface area contributed by atoms with E-state index in [1.54, 1.807) is 0 Å². The molecule has 0 aliphatic heterocycles. The predicted octanol–water partition coefficient (Wildman–Crippen LogP) is 0.362. The minimum absolute atomic E-state index is 0.334. The summed E-state index contributed by atoms with van der Waals surface area (Å²) >= 11 is 5.68. The third kappa shape index (κ3) is 4.36. The number of nitrogens with one attached hydrogen (secondary N) is 1. The van der Waals surface area contributed by atoms with E-state index < -0.39 is 49.2 Å². The zero-order chi connectivity index (χ0) is 16.2. The lowest BCUT2D eigenvalue weighted by Crippen LogP contribution is -2.41. The molecule has 0 fully saturated rings. The number of carbonyl (C=O) groups is 1. The average molecular weight is 339 g/mol. The van der Waals surface area contributed by atoms with Gasteiger partial charge < -0.3 is 10.2 Å². The van der Waals surface area contributed by atoms with E-state index >= 15 is 0 Å². The standard InChI is InChI=1S/C10H11ClN2O7S/c11-7-5-6(13(17)18)1-2-9(7)21(19,20)12-8(3-4-14)10(15)16/h1-2,5,8,12,14H,3-4H2,(H,15,16)/t8-/m1/s1. The van der Waals surface area contributed by atoms with Crippen LogP contribution in [0, 0.1) is 10.1 Å². The molecule has 11 heteroatoms. The van der Waals surface area contributed by atoms with Gasteiger partial charge in [-0.25, -0.2) is 8.42 Å². The lowest BCUT2D eigenvalue weighted by molar-refractivity contribution is -0.384. The molecule has 116 valence electrons. The number of halogens is 1. The van der Waals surface area contributed by atoms with Crippen molar-refractivity contribution < 1.29 is 28.3 Å². The van der Waals surface area contributed by atoms with Crippen molar-refractivity contribution in [1.82, 2.24) is 4.72 Å². The predicted molar refractivity (Wildman–Crippen MR) is 71.6 cm³/mol. The van der Waals surface area contributed by atoms with Crippen LogP contribution >= 0.6 is 11.6 Å². The van der Waals surface area contributed by atoms with Crippen molar-refractivity contribution in [2.75, 3.05) is 6.61 Å². The maximum Gasteiger partial charge on any atom is 0.321 e. The Hall–Kier alpha value is -1.75. The van der Waals surface area contributed by atoms with Crippen LogP contribution in [0.5, 0.6) is 0 Å². The molecule has 1 atom stereocenters. The van der Waals surface area contributed by atoms with Gasteiger partial charge in [0.2, 0.25) is 10.0 Å². The van der Waals surface area contributed by atoms with Gasteiger partial charge in [0.05, 0.1) is 9.95 Å². The molecule has 3 N–H and O–H groups in total. The van der Waals surface area contributed by atoms with Crippen LogP contribution in [0.15, 0.2) is 23.1 Å². The number of hydrogen-bond donors (Lipinski definition) is 3. The molecule has 0 spiro atoms. The molecule has 21 heavy (non-hydrogen) atoms. The Bertz CT molecular complexity index is 661. The molecule has 0 heterocycles. The Morgan fingerprint density at radius 3 is 2.52 bits per heavy atom. The highest BCUT2D eigenvalue weighted by atomic mass is 35.5. The minimum atomic E-state index is -4.30. The Morgan fingerprint density at radius 2 is 2.10 bits per heavy atom. The molecule has 0 aromatic heterocycles. The summed E-state index contributed by atoms with van der Waals surface area (Å²) in [5.41, 5.74) is -0.399. The topological polar surface area (TPSA) is 147 Å². The van der Waals surface area contributed by atoms with Gasteiger partial charge in [-0.2, -0.15) is 4.72 Å². The number of nitro groups is 1. The lowest BCUT2D eigenvalue weighted by Gasteiger charge is -2.14. The van der Waals surface area contributed by atoms with Gasteiger partial charge in [0.1, 0.15) is 10.9 Å². The largest absolute Gasteiger partial charge is 0.480 e. The number of carboxylic acids is 1. The van der Waals surface area contributed by atoms with Gasteiger partial charge in [-0.1, -0.05) is 11.6 Å². The Kier molecular flexibility index (Phi) is 5.61. The second-order valence-electron chi connectivity index (χ2n) is 3.90. The summed E-state index contributed by atoms with van der Waals surface area (Å²) in [7, 11) is -4.30. The number of nitrogens with zero attached hydrogens (tertiary/aromatic N) is 1. The molecule has 0 unspecified atom stereocenters. The van der Waals surface area contributed by atoms with Gasteiger partial charge in [0.15, 0.2) is 0 Å². The third-order valence-electron chi connectivity index (χ3n) is 2.43. The van der Waals surface area contributed by atoms with Crippen molar-refractivity contribution in [3.8, 4) is 0 Å². The molecule has 0 saturated heterocycles. The monoisotopic (exact) mass is 338 g/mol. The van der Waals surface area contributed by atoms with Crippen LogP contribution in [-0.2, 0) is 14.8 Å². The number of sulfonamides is 1. The van der Waals surface area contributed by atoms with E-state index in [2.05, 4.69) is 0 Å². The maximum absolute atomic E-state index is 12.0. The number of non-ortho nitro benzene ring substituents is 1. The minimum Gasteiger partial charge on any atom is -0.480 e. The van der Waals surface area contributed by atoms with Crippen molar-refractivity contribution >= 4 is 33.3 Å². The first-order valence-corrected chi connectivity index (χ1v) is 7.35. The smallest absolute Gasteiger partial charge is 0.321 e. The quantitative estimate of drug-likeness (QED) is 0.480. The van der Waals surface area contributed by atoms with E-state index in [4.69, 9.17) is 21.8 Å². The van der Waals surface area contributed by atoms with Crippen molar-refractivity contribution in [1.29, 1.82) is 0 Å². The summed E-state index contributed by atoms with van der Waals surface area (Å²) in [6.07, 6.45) is -0.334. The first-order valence-electron chi connectivity index (χ1n) is 5.49. The maximum atomic E-state index is 12.0. The zero-order valence-corrected chi connectivity index (χ0v) is 12.0. The molecular weight excluding hydrogens is 328 g/mol. The van der Waals surface area contributed by atoms with E-state index in [0.717, 1.165) is 18.2 Å². The summed E-state index contributed by atoms with van der Waals surface area (Å²) in [5.74, 6) is -1.47. The summed E-state index contributed by atoms with van der Waals surface area (Å²) < 4.78 is 25.9. The van der Waals surface area contributed by atoms with Crippen molar-refractivity contribution in [3.63, 3.8) is 0 Å². The number of aliphatic hydroxyl groups excluding tert-OH is 1. The summed E-state index contributed by atoms with van der Waals surface area (Å²) in [6, 6.07) is 1.15. The van der Waals surface area contributed by atoms with Crippen molar-refractivity contribution in [2.24, 2.45) is 0 Å². The number of hydrogen-bond acceptors (Lipinski definition) is 6. The van der Waals surface area contributed by atoms with E-state index in [0.29, 0.717) is 0 Å². The Balaban J connectivity index is 3.13. The first kappa shape index (κ1) is 17.3. The molecule has 0 aliphatic carbocycles. The normalized spacial score (nSPS) is 12.9. The SMILES string of the molecule is O=C(O)[C@@H](CCO)NS(=O)(=O)c1ccc([N+](=O)[O-])cc1Cl. The van der Waals surface area contributed by atoms with Gasteiger partial charge in [0.25, 0.3) is 5.69 Å². The number of rotatable bonds is 7. The highest BCUT2D eigenvalue weighted by Gasteiger charge is 2.27. The van der Waals surface area contributed by atoms with E-state index in [1.165, 1.54) is 0 Å². The summed E-state index contributed by atoms with van der Waals surface area (Å²) in [4.78, 5) is 20.2. The molecule has 0 radical (unpaired) electrons. The fourth-order valence-electron chi connectivity index (χ4n) is 1.43. The van der Waals surface area contributed by atoms with Crippen LogP contribution in [-0.4, -0.2) is 42.2 Å². The average Bonchev–Trinajstić information content (AvgIpc) is 2.37. The molecular formula is C10H11ClN2O7S. The number of aliphatic carboxylic acids is 1. The Labute approximate surface area is 124 Å². The lowest BCUT2D eigenvalue weighted by atomic mass is 10.2. The van der Waals surface area contributed by atoms with Gasteiger partial charge >= 0.3 is 5.97 Å². The Morgan fingerprint density at radius 1 is 1.48 bits per heavy atom. The molecule has 0 saturated carbocycles. The molecule has 9 nitrogen and oxygen atoms in total. The van der Waals surface area contributed by atoms with Crippen LogP contribution in [0.2, 0.25) is 5.02 Å². The summed E-state index contributed by atoms with van der Waals surface area (Å²) in [5, 5.41) is 27.7. The zero-order valence-electron chi connectivity index (χ0n) is 10.4. The highest BCUT2D eigenvalue weighted by Crippen LogP contribution is 2.26. The second-order valence-corrected chi connectivity index (χ2v) is 5.99. The van der Waals surface area contributed by atoms with Gasteiger partial charge in [0, 0.05) is 18.7 Å². The van der Waals surface area contributed by atoms with E-state index in [-0.39, 0.29) is 6.42 Å². The van der Waals surface area contributed by atoms with Crippen LogP contribution in [0.25, 0.3) is 0 Å². The fourth-order valence-corrected chi connectivity index (χ4v) is 3.20. The van der Waals surface area contributed by atoms with Crippen molar-refractivity contribution in [2.45, 2.75) is 17.4 Å². The van der Waals surface area contributed by atoms with E-state index in [1.807, 2.05) is 4.72 Å². The number of benzene rings is 1. The fraction of sp³-hybridized carbons (Fsp3) is 0.300. The van der Waals surface area contributed by atoms with Crippen LogP contribution in [0.3, 0.4) is 0 Å². The second kappa shape index (κ2) is 6.80. The number of carboxylic acid groups (broad SMARTS) is 1. The first-order chi connectivity index (χ1) is 9.69.